The minimum absolute atomic E-state index is 0.0547. The Morgan fingerprint density at radius 3 is 2.80 bits per heavy atom. The van der Waals surface area contributed by atoms with Crippen LogP contribution in [0.15, 0.2) is 62.7 Å². The fourth-order valence-electron chi connectivity index (χ4n) is 3.23. The van der Waals surface area contributed by atoms with Gasteiger partial charge in [0.15, 0.2) is 0 Å². The third-order valence-corrected chi connectivity index (χ3v) is 5.19. The molecule has 4 rings (SSSR count). The molecule has 2 aromatic heterocycles. The van der Waals surface area contributed by atoms with Crippen LogP contribution in [0.3, 0.4) is 0 Å². The zero-order chi connectivity index (χ0) is 21.3. The number of carbonyl (C=O) groups excluding carboxylic acids is 1. The van der Waals surface area contributed by atoms with Gasteiger partial charge in [0, 0.05) is 27.4 Å². The lowest BCUT2D eigenvalue weighted by Crippen LogP contribution is -2.15. The van der Waals surface area contributed by atoms with Gasteiger partial charge in [-0.1, -0.05) is 23.7 Å². The molecule has 8 heteroatoms. The van der Waals surface area contributed by atoms with Crippen molar-refractivity contribution in [2.24, 2.45) is 0 Å². The van der Waals surface area contributed by atoms with E-state index in [1.54, 1.807) is 41.1 Å². The molecule has 2 aromatic carbocycles. The summed E-state index contributed by atoms with van der Waals surface area (Å²) in [6.07, 6.45) is 1.29. The first-order chi connectivity index (χ1) is 14.4. The highest BCUT2D eigenvalue weighted by Crippen LogP contribution is 2.25. The fourth-order valence-corrected chi connectivity index (χ4v) is 3.40. The molecule has 0 bridgehead atoms. The highest BCUT2D eigenvalue weighted by molar-refractivity contribution is 6.32. The molecule has 0 saturated carbocycles. The van der Waals surface area contributed by atoms with Gasteiger partial charge in [0.1, 0.15) is 12.2 Å². The molecule has 4 aromatic rings. The van der Waals surface area contributed by atoms with E-state index in [1.807, 2.05) is 6.92 Å². The second-order valence-corrected chi connectivity index (χ2v) is 7.26. The van der Waals surface area contributed by atoms with Crippen LogP contribution in [-0.2, 0) is 22.7 Å². The summed E-state index contributed by atoms with van der Waals surface area (Å²) in [6, 6.07) is 11.7. The Bertz CT molecular complexity index is 1390. The van der Waals surface area contributed by atoms with Crippen LogP contribution in [0, 0.1) is 6.92 Å². The van der Waals surface area contributed by atoms with E-state index in [9.17, 15) is 14.4 Å². The van der Waals surface area contributed by atoms with Crippen LogP contribution in [-0.4, -0.2) is 15.7 Å². The summed E-state index contributed by atoms with van der Waals surface area (Å²) < 4.78 is 12.2. The number of aromatic nitrogens is 2. The largest absolute Gasteiger partial charge is 0.461 e. The minimum atomic E-state index is -0.529. The molecule has 0 amide bonds. The number of hydrogen-bond acceptors (Lipinski definition) is 6. The smallest absolute Gasteiger partial charge is 0.336 e. The van der Waals surface area contributed by atoms with Gasteiger partial charge in [-0.3, -0.25) is 14.3 Å². The second kappa shape index (κ2) is 8.12. The van der Waals surface area contributed by atoms with Crippen LogP contribution in [0.25, 0.3) is 21.9 Å². The van der Waals surface area contributed by atoms with Gasteiger partial charge in [-0.05, 0) is 36.8 Å². The molecule has 0 N–H and O–H groups in total. The number of halogens is 1. The minimum Gasteiger partial charge on any atom is -0.461 e. The number of rotatable bonds is 5. The summed E-state index contributed by atoms with van der Waals surface area (Å²) in [5.74, 6) is -0.459. The number of ether oxygens (including phenoxy) is 1. The number of fused-ring (bicyclic) bond motifs is 2. The SMILES string of the molecule is Cc1cc2oc(=O)cc(COC(=O)CCn3ncc(=O)c4ccccc43)c2cc1Cl. The normalized spacial score (nSPS) is 11.1. The highest BCUT2D eigenvalue weighted by atomic mass is 35.5. The van der Waals surface area contributed by atoms with Gasteiger partial charge in [0.25, 0.3) is 0 Å². The summed E-state index contributed by atoms with van der Waals surface area (Å²) in [4.78, 5) is 36.0. The van der Waals surface area contributed by atoms with Crippen LogP contribution in [0.4, 0.5) is 0 Å². The number of carbonyl (C=O) groups is 1. The Morgan fingerprint density at radius 1 is 1.17 bits per heavy atom. The number of hydrogen-bond donors (Lipinski definition) is 0. The van der Waals surface area contributed by atoms with Crippen LogP contribution in [0.5, 0.6) is 0 Å². The molecule has 0 fully saturated rings. The lowest BCUT2D eigenvalue weighted by molar-refractivity contribution is -0.145. The molecule has 7 nitrogen and oxygen atoms in total. The predicted octanol–water partition coefficient (Wildman–Crippen LogP) is 3.60. The third-order valence-electron chi connectivity index (χ3n) is 4.79. The van der Waals surface area contributed by atoms with Crippen LogP contribution in [0.1, 0.15) is 17.5 Å². The maximum atomic E-state index is 12.3. The van der Waals surface area contributed by atoms with Crippen molar-refractivity contribution in [3.8, 4) is 0 Å². The van der Waals surface area contributed by atoms with E-state index in [-0.39, 0.29) is 25.0 Å². The Hall–Kier alpha value is -3.45. The summed E-state index contributed by atoms with van der Waals surface area (Å²) in [5, 5.41) is 5.78. The lowest BCUT2D eigenvalue weighted by Gasteiger charge is -2.10. The molecule has 0 radical (unpaired) electrons. The van der Waals surface area contributed by atoms with Gasteiger partial charge in [0.2, 0.25) is 5.43 Å². The van der Waals surface area contributed by atoms with E-state index >= 15 is 0 Å². The van der Waals surface area contributed by atoms with Crippen LogP contribution < -0.4 is 11.1 Å². The van der Waals surface area contributed by atoms with Gasteiger partial charge in [-0.15, -0.1) is 0 Å². The molecule has 30 heavy (non-hydrogen) atoms. The van der Waals surface area contributed by atoms with Gasteiger partial charge in [-0.25, -0.2) is 4.79 Å². The number of esters is 1. The summed E-state index contributed by atoms with van der Waals surface area (Å²) in [6.45, 7) is 1.98. The monoisotopic (exact) mass is 424 g/mol. The first-order valence-electron chi connectivity index (χ1n) is 9.26. The van der Waals surface area contributed by atoms with Gasteiger partial charge >= 0.3 is 11.6 Å². The third kappa shape index (κ3) is 3.97. The van der Waals surface area contributed by atoms with Crippen molar-refractivity contribution in [2.75, 3.05) is 0 Å². The maximum absolute atomic E-state index is 12.3. The molecule has 0 unspecified atom stereocenters. The van der Waals surface area contributed by atoms with Crippen LogP contribution in [0.2, 0.25) is 5.02 Å². The zero-order valence-corrected chi connectivity index (χ0v) is 16.8. The lowest BCUT2D eigenvalue weighted by atomic mass is 10.1. The Kier molecular flexibility index (Phi) is 5.37. The summed E-state index contributed by atoms with van der Waals surface area (Å²) >= 11 is 6.18. The topological polar surface area (TPSA) is 91.4 Å². The van der Waals surface area contributed by atoms with Crippen molar-refractivity contribution in [2.45, 2.75) is 26.5 Å². The second-order valence-electron chi connectivity index (χ2n) is 6.85. The van der Waals surface area contributed by atoms with Gasteiger partial charge in [-0.2, -0.15) is 5.10 Å². The summed E-state index contributed by atoms with van der Waals surface area (Å²) in [5.41, 5.74) is 1.63. The van der Waals surface area contributed by atoms with E-state index in [4.69, 9.17) is 20.8 Å². The Morgan fingerprint density at radius 2 is 1.97 bits per heavy atom. The van der Waals surface area contributed by atoms with E-state index in [2.05, 4.69) is 5.10 Å². The van der Waals surface area contributed by atoms with Crippen molar-refractivity contribution in [1.29, 1.82) is 0 Å². The van der Waals surface area contributed by atoms with E-state index in [0.717, 1.165) is 5.56 Å². The quantitative estimate of drug-likeness (QED) is 0.359. The van der Waals surface area contributed by atoms with Crippen molar-refractivity contribution < 1.29 is 13.9 Å². The number of para-hydroxylation sites is 1. The molecule has 0 aliphatic heterocycles. The molecular formula is C22H17ClN2O5. The van der Waals surface area contributed by atoms with Crippen molar-refractivity contribution in [3.05, 3.63) is 85.5 Å². The molecular weight excluding hydrogens is 408 g/mol. The fraction of sp³-hybridized carbons (Fsp3) is 0.182. The highest BCUT2D eigenvalue weighted by Gasteiger charge is 2.12. The Labute approximate surface area is 175 Å². The standard InChI is InChI=1S/C22H17ClN2O5/c1-13-8-20-16(10-17(13)23)14(9-22(28)30-20)12-29-21(27)6-7-25-18-5-3-2-4-15(18)19(26)11-24-25/h2-5,8-11H,6-7,12H2,1H3. The number of nitrogens with zero attached hydrogens (tertiary/aromatic N) is 2. The molecule has 0 aliphatic rings. The predicted molar refractivity (Wildman–Crippen MR) is 113 cm³/mol. The maximum Gasteiger partial charge on any atom is 0.336 e. The molecule has 0 aliphatic carbocycles. The van der Waals surface area contributed by atoms with Gasteiger partial charge in [0.05, 0.1) is 24.7 Å². The average Bonchev–Trinajstić information content (AvgIpc) is 2.73. The first kappa shape index (κ1) is 19.8. The number of aryl methyl sites for hydroxylation is 2. The molecule has 152 valence electrons. The molecule has 0 saturated heterocycles. The van der Waals surface area contributed by atoms with E-state index in [1.165, 1.54) is 12.3 Å². The molecule has 0 atom stereocenters. The van der Waals surface area contributed by atoms with E-state index in [0.29, 0.717) is 32.5 Å². The van der Waals surface area contributed by atoms with Crippen LogP contribution >= 0.6 is 11.6 Å². The molecule has 2 heterocycles. The van der Waals surface area contributed by atoms with Crippen molar-refractivity contribution >= 4 is 39.4 Å². The number of benzene rings is 2. The zero-order valence-electron chi connectivity index (χ0n) is 16.1. The van der Waals surface area contributed by atoms with Gasteiger partial charge < -0.3 is 9.15 Å². The average molecular weight is 425 g/mol. The molecule has 0 spiro atoms. The van der Waals surface area contributed by atoms with Crippen molar-refractivity contribution in [3.63, 3.8) is 0 Å². The summed E-state index contributed by atoms with van der Waals surface area (Å²) in [7, 11) is 0. The first-order valence-corrected chi connectivity index (χ1v) is 9.63. The van der Waals surface area contributed by atoms with Crippen molar-refractivity contribution in [1.82, 2.24) is 9.78 Å². The van der Waals surface area contributed by atoms with E-state index < -0.39 is 11.6 Å². The Balaban J connectivity index is 1.49.